The summed E-state index contributed by atoms with van der Waals surface area (Å²) >= 11 is 0. The van der Waals surface area contributed by atoms with Gasteiger partial charge in [0.1, 0.15) is 0 Å². The van der Waals surface area contributed by atoms with E-state index < -0.39 is 10.0 Å². The van der Waals surface area contributed by atoms with Gasteiger partial charge >= 0.3 is 0 Å². The SMILES string of the molecule is Cc1cccc(=O)n1CCCCNS(=O)(=O)c1ccc(C(C)(C)C)cc1. The molecule has 6 heteroatoms. The molecule has 0 amide bonds. The molecule has 0 aliphatic rings. The Hall–Kier alpha value is -1.92. The Labute approximate surface area is 156 Å². The maximum Gasteiger partial charge on any atom is 0.250 e. The zero-order chi connectivity index (χ0) is 19.4. The third-order valence-electron chi connectivity index (χ3n) is 4.40. The third kappa shape index (κ3) is 5.29. The molecule has 0 spiro atoms. The number of pyridine rings is 1. The summed E-state index contributed by atoms with van der Waals surface area (Å²) in [6.07, 6.45) is 1.40. The summed E-state index contributed by atoms with van der Waals surface area (Å²) in [6, 6.07) is 12.2. The Bertz CT molecular complexity index is 892. The van der Waals surface area contributed by atoms with Crippen molar-refractivity contribution in [2.75, 3.05) is 6.54 Å². The summed E-state index contributed by atoms with van der Waals surface area (Å²) in [6.45, 7) is 9.11. The summed E-state index contributed by atoms with van der Waals surface area (Å²) in [5, 5.41) is 0. The lowest BCUT2D eigenvalue weighted by Crippen LogP contribution is -2.26. The molecule has 0 aliphatic heterocycles. The minimum absolute atomic E-state index is 0.0105. The van der Waals surface area contributed by atoms with Crippen LogP contribution in [-0.4, -0.2) is 19.5 Å². The van der Waals surface area contributed by atoms with E-state index in [0.717, 1.165) is 17.7 Å². The van der Waals surface area contributed by atoms with Crippen molar-refractivity contribution in [3.63, 3.8) is 0 Å². The molecule has 2 rings (SSSR count). The predicted molar refractivity (Wildman–Crippen MR) is 105 cm³/mol. The molecule has 142 valence electrons. The van der Waals surface area contributed by atoms with Crippen LogP contribution in [0.1, 0.15) is 44.9 Å². The molecule has 0 radical (unpaired) electrons. The fourth-order valence-electron chi connectivity index (χ4n) is 2.73. The van der Waals surface area contributed by atoms with Gasteiger partial charge in [-0.3, -0.25) is 4.79 Å². The lowest BCUT2D eigenvalue weighted by atomic mass is 9.87. The van der Waals surface area contributed by atoms with Crippen molar-refractivity contribution in [3.8, 4) is 0 Å². The van der Waals surface area contributed by atoms with E-state index in [1.54, 1.807) is 22.8 Å². The number of rotatable bonds is 7. The summed E-state index contributed by atoms with van der Waals surface area (Å²) < 4.78 is 29.1. The van der Waals surface area contributed by atoms with Crippen LogP contribution in [0.2, 0.25) is 0 Å². The topological polar surface area (TPSA) is 68.2 Å². The molecule has 0 bridgehead atoms. The molecule has 2 aromatic rings. The number of benzene rings is 1. The van der Waals surface area contributed by atoms with Gasteiger partial charge in [-0.05, 0) is 48.9 Å². The van der Waals surface area contributed by atoms with Crippen molar-refractivity contribution in [1.82, 2.24) is 9.29 Å². The number of sulfonamides is 1. The monoisotopic (exact) mass is 376 g/mol. The summed E-state index contributed by atoms with van der Waals surface area (Å²) in [4.78, 5) is 12.1. The van der Waals surface area contributed by atoms with Crippen molar-refractivity contribution in [1.29, 1.82) is 0 Å². The molecule has 26 heavy (non-hydrogen) atoms. The van der Waals surface area contributed by atoms with Crippen LogP contribution in [-0.2, 0) is 22.0 Å². The second-order valence-corrected chi connectivity index (χ2v) is 9.30. The number of aryl methyl sites for hydroxylation is 1. The van der Waals surface area contributed by atoms with Gasteiger partial charge in [0.05, 0.1) is 4.90 Å². The van der Waals surface area contributed by atoms with Gasteiger partial charge in [-0.25, -0.2) is 13.1 Å². The smallest absolute Gasteiger partial charge is 0.250 e. The molecule has 0 unspecified atom stereocenters. The largest absolute Gasteiger partial charge is 0.313 e. The van der Waals surface area contributed by atoms with E-state index in [-0.39, 0.29) is 15.9 Å². The maximum absolute atomic E-state index is 12.4. The third-order valence-corrected chi connectivity index (χ3v) is 5.88. The first kappa shape index (κ1) is 20.4. The number of hydrogen-bond donors (Lipinski definition) is 1. The average Bonchev–Trinajstić information content (AvgIpc) is 2.56. The molecule has 5 nitrogen and oxygen atoms in total. The van der Waals surface area contributed by atoms with Crippen LogP contribution in [0.25, 0.3) is 0 Å². The van der Waals surface area contributed by atoms with Crippen molar-refractivity contribution < 1.29 is 8.42 Å². The lowest BCUT2D eigenvalue weighted by Gasteiger charge is -2.19. The normalized spacial score (nSPS) is 12.3. The highest BCUT2D eigenvalue weighted by molar-refractivity contribution is 7.89. The first-order valence-corrected chi connectivity index (χ1v) is 10.4. The molecular weight excluding hydrogens is 348 g/mol. The predicted octanol–water partition coefficient (Wildman–Crippen LogP) is 3.21. The number of nitrogens with one attached hydrogen (secondary N) is 1. The summed E-state index contributed by atoms with van der Waals surface area (Å²) in [7, 11) is -3.50. The van der Waals surface area contributed by atoms with Crippen LogP contribution in [0.3, 0.4) is 0 Å². The Kier molecular flexibility index (Phi) is 6.42. The van der Waals surface area contributed by atoms with Crippen molar-refractivity contribution in [2.24, 2.45) is 0 Å². The van der Waals surface area contributed by atoms with Crippen LogP contribution in [0, 0.1) is 6.92 Å². The van der Waals surface area contributed by atoms with Crippen LogP contribution in [0.15, 0.2) is 52.2 Å². The minimum Gasteiger partial charge on any atom is -0.313 e. The first-order valence-electron chi connectivity index (χ1n) is 8.88. The summed E-state index contributed by atoms with van der Waals surface area (Å²) in [5.74, 6) is 0. The van der Waals surface area contributed by atoms with Gasteiger partial charge in [0.15, 0.2) is 0 Å². The van der Waals surface area contributed by atoms with E-state index in [0.29, 0.717) is 19.5 Å². The Morgan fingerprint density at radius 2 is 1.65 bits per heavy atom. The fourth-order valence-corrected chi connectivity index (χ4v) is 3.80. The zero-order valence-electron chi connectivity index (χ0n) is 16.0. The van der Waals surface area contributed by atoms with Crippen molar-refractivity contribution >= 4 is 10.0 Å². The van der Waals surface area contributed by atoms with Crippen molar-refractivity contribution in [3.05, 3.63) is 64.1 Å². The molecule has 0 fully saturated rings. The van der Waals surface area contributed by atoms with E-state index in [1.807, 2.05) is 25.1 Å². The van der Waals surface area contributed by atoms with Crippen LogP contribution in [0.5, 0.6) is 0 Å². The van der Waals surface area contributed by atoms with Crippen LogP contribution >= 0.6 is 0 Å². The number of hydrogen-bond acceptors (Lipinski definition) is 3. The Balaban J connectivity index is 1.87. The molecule has 0 atom stereocenters. The van der Waals surface area contributed by atoms with Gasteiger partial charge < -0.3 is 4.57 Å². The number of unbranched alkanes of at least 4 members (excludes halogenated alkanes) is 1. The molecule has 1 heterocycles. The van der Waals surface area contributed by atoms with Gasteiger partial charge in [-0.2, -0.15) is 0 Å². The Morgan fingerprint density at radius 1 is 1.00 bits per heavy atom. The maximum atomic E-state index is 12.4. The van der Waals surface area contributed by atoms with Crippen molar-refractivity contribution in [2.45, 2.75) is 57.4 Å². The number of aromatic nitrogens is 1. The lowest BCUT2D eigenvalue weighted by molar-refractivity contribution is 0.557. The van der Waals surface area contributed by atoms with Gasteiger partial charge in [-0.15, -0.1) is 0 Å². The van der Waals surface area contributed by atoms with Crippen LogP contribution in [0.4, 0.5) is 0 Å². The molecule has 1 aromatic carbocycles. The molecule has 0 aliphatic carbocycles. The molecule has 0 saturated heterocycles. The average molecular weight is 377 g/mol. The van der Waals surface area contributed by atoms with Gasteiger partial charge in [-0.1, -0.05) is 39.0 Å². The zero-order valence-corrected chi connectivity index (χ0v) is 16.8. The second kappa shape index (κ2) is 8.18. The highest BCUT2D eigenvalue weighted by Gasteiger charge is 2.17. The summed E-state index contributed by atoms with van der Waals surface area (Å²) in [5.41, 5.74) is 1.98. The highest BCUT2D eigenvalue weighted by atomic mass is 32.2. The van der Waals surface area contributed by atoms with Crippen LogP contribution < -0.4 is 10.3 Å². The van der Waals surface area contributed by atoms with E-state index in [9.17, 15) is 13.2 Å². The standard InChI is InChI=1S/C20H28N2O3S/c1-16-8-7-9-19(23)22(16)15-6-5-14-21-26(24,25)18-12-10-17(11-13-18)20(2,3)4/h7-13,21H,5-6,14-15H2,1-4H3. The molecule has 0 saturated carbocycles. The quantitative estimate of drug-likeness (QED) is 0.755. The van der Waals surface area contributed by atoms with Gasteiger partial charge in [0.2, 0.25) is 10.0 Å². The Morgan fingerprint density at radius 3 is 2.23 bits per heavy atom. The van der Waals surface area contributed by atoms with E-state index in [4.69, 9.17) is 0 Å². The molecular formula is C20H28N2O3S. The first-order chi connectivity index (χ1) is 12.1. The van der Waals surface area contributed by atoms with E-state index >= 15 is 0 Å². The van der Waals surface area contributed by atoms with Gasteiger partial charge in [0, 0.05) is 24.8 Å². The molecule has 1 aromatic heterocycles. The van der Waals surface area contributed by atoms with E-state index in [1.165, 1.54) is 6.07 Å². The fraction of sp³-hybridized carbons (Fsp3) is 0.450. The van der Waals surface area contributed by atoms with E-state index in [2.05, 4.69) is 25.5 Å². The second-order valence-electron chi connectivity index (χ2n) is 7.54. The molecule has 1 N–H and O–H groups in total. The van der Waals surface area contributed by atoms with Gasteiger partial charge in [0.25, 0.3) is 5.56 Å². The minimum atomic E-state index is -3.50. The number of nitrogens with zero attached hydrogens (tertiary/aromatic N) is 1. The highest BCUT2D eigenvalue weighted by Crippen LogP contribution is 2.23.